The maximum absolute atomic E-state index is 2.48. The summed E-state index contributed by atoms with van der Waals surface area (Å²) in [7, 11) is -1.95. The molecular formula is C6H18Se2. The van der Waals surface area contributed by atoms with E-state index < -0.39 is 8.91 Å². The molecule has 0 rings (SSSR count). The molecule has 54 valence electrons. The Bertz CT molecular complexity index is 89.7. The summed E-state index contributed by atoms with van der Waals surface area (Å²) >= 11 is 0.854. The molecule has 0 fully saturated rings. The summed E-state index contributed by atoms with van der Waals surface area (Å²) < 4.78 is 0. The molecule has 2 heteroatoms. The van der Waals surface area contributed by atoms with Crippen LogP contribution in [0.15, 0.2) is 0 Å². The normalized spacial score (nSPS) is 21.8. The maximum atomic E-state index is 2.48. The molecule has 0 aromatic rings. The van der Waals surface area contributed by atoms with Gasteiger partial charge in [-0.2, -0.15) is 0 Å². The van der Waals surface area contributed by atoms with Crippen LogP contribution in [0.3, 0.4) is 0 Å². The molecule has 0 heterocycles. The van der Waals surface area contributed by atoms with Gasteiger partial charge in [-0.1, -0.05) is 0 Å². The predicted molar refractivity (Wildman–Crippen MR) is 46.7 cm³/mol. The first kappa shape index (κ1) is 9.04. The Labute approximate surface area is 57.1 Å². The molecule has 0 nitrogen and oxygen atoms in total. The van der Waals surface area contributed by atoms with Crippen molar-refractivity contribution in [1.82, 2.24) is 0 Å². The van der Waals surface area contributed by atoms with Gasteiger partial charge in [-0.05, 0) is 0 Å². The van der Waals surface area contributed by atoms with Crippen LogP contribution in [0, 0.1) is 0 Å². The monoisotopic (exact) mass is 250 g/mol. The average molecular weight is 248 g/mol. The Hall–Kier alpha value is 1.04. The van der Waals surface area contributed by atoms with Crippen molar-refractivity contribution in [1.29, 1.82) is 0 Å². The zero-order chi connectivity index (χ0) is 7.12. The second kappa shape index (κ2) is 1.37. The molecule has 0 aromatic heterocycles. The Morgan fingerprint density at radius 3 is 1.00 bits per heavy atom. The summed E-state index contributed by atoms with van der Waals surface area (Å²) in [5, 5.41) is 0. The summed E-state index contributed by atoms with van der Waals surface area (Å²) in [6.07, 6.45) is 0. The van der Waals surface area contributed by atoms with Gasteiger partial charge in [0.05, 0.1) is 0 Å². The fourth-order valence-corrected chi connectivity index (χ4v) is 0. The molecule has 0 amide bonds. The quantitative estimate of drug-likeness (QED) is 0.626. The average Bonchev–Trinajstić information content (AvgIpc) is 1.30. The Kier molecular flexibility index (Phi) is 1.55. The molecule has 0 aliphatic carbocycles. The number of hydrogen-bond donors (Lipinski definition) is 0. The van der Waals surface area contributed by atoms with Crippen molar-refractivity contribution >= 4 is 22.0 Å². The van der Waals surface area contributed by atoms with Gasteiger partial charge in [0.2, 0.25) is 0 Å². The topological polar surface area (TPSA) is 0 Å². The Morgan fingerprint density at radius 1 is 0.875 bits per heavy atom. The summed E-state index contributed by atoms with van der Waals surface area (Å²) in [6.45, 7) is 0. The fourth-order valence-electron chi connectivity index (χ4n) is 0. The van der Waals surface area contributed by atoms with Crippen molar-refractivity contribution in [3.8, 4) is 0 Å². The molecule has 0 radical (unpaired) electrons. The minimum atomic E-state index is -1.95. The molecule has 0 aliphatic rings. The molecule has 0 N–H and O–H groups in total. The van der Waals surface area contributed by atoms with Crippen LogP contribution in [0.4, 0.5) is 0 Å². The SMILES string of the molecule is C[Se][Se](C)(C)(C)(C)C. The van der Waals surface area contributed by atoms with E-state index in [1.165, 1.54) is 0 Å². The van der Waals surface area contributed by atoms with Gasteiger partial charge in [-0.3, -0.25) is 0 Å². The van der Waals surface area contributed by atoms with Crippen LogP contribution in [-0.4, -0.2) is 22.0 Å². The summed E-state index contributed by atoms with van der Waals surface area (Å²) in [5.74, 6) is 14.8. The third-order valence-electron chi connectivity index (χ3n) is 0.833. The van der Waals surface area contributed by atoms with E-state index >= 15 is 0 Å². The van der Waals surface area contributed by atoms with Crippen LogP contribution in [0.25, 0.3) is 0 Å². The molecule has 0 aromatic carbocycles. The van der Waals surface area contributed by atoms with Gasteiger partial charge in [0.25, 0.3) is 0 Å². The van der Waals surface area contributed by atoms with Gasteiger partial charge < -0.3 is 0 Å². The summed E-state index contributed by atoms with van der Waals surface area (Å²) in [5.41, 5.74) is 0. The molecular weight excluding hydrogens is 230 g/mol. The molecule has 0 spiro atoms. The van der Waals surface area contributed by atoms with Crippen molar-refractivity contribution in [2.45, 2.75) is 34.9 Å². The van der Waals surface area contributed by atoms with Gasteiger partial charge in [-0.25, -0.2) is 0 Å². The van der Waals surface area contributed by atoms with Crippen molar-refractivity contribution in [3.63, 3.8) is 0 Å². The molecule has 0 unspecified atom stereocenters. The molecule has 0 atom stereocenters. The minimum absolute atomic E-state index is 0.854. The first-order valence-corrected chi connectivity index (χ1v) is 17.2. The van der Waals surface area contributed by atoms with Gasteiger partial charge in [0.1, 0.15) is 0 Å². The zero-order valence-corrected chi connectivity index (χ0v) is 10.2. The van der Waals surface area contributed by atoms with Crippen molar-refractivity contribution in [3.05, 3.63) is 0 Å². The van der Waals surface area contributed by atoms with Gasteiger partial charge in [0, 0.05) is 0 Å². The Morgan fingerprint density at radius 2 is 1.00 bits per heavy atom. The molecule has 0 aliphatic heterocycles. The molecule has 0 saturated carbocycles. The Balaban J connectivity index is 4.50. The van der Waals surface area contributed by atoms with E-state index in [2.05, 4.69) is 34.9 Å². The van der Waals surface area contributed by atoms with Gasteiger partial charge in [0.15, 0.2) is 0 Å². The van der Waals surface area contributed by atoms with Crippen LogP contribution in [0.5, 0.6) is 0 Å². The third-order valence-corrected chi connectivity index (χ3v) is 22.5. The van der Waals surface area contributed by atoms with E-state index in [1.807, 2.05) is 0 Å². The molecule has 0 bridgehead atoms. The second-order valence-corrected chi connectivity index (χ2v) is 48.2. The van der Waals surface area contributed by atoms with Gasteiger partial charge in [-0.15, -0.1) is 0 Å². The molecule has 0 saturated heterocycles. The zero-order valence-electron chi connectivity index (χ0n) is 6.82. The summed E-state index contributed by atoms with van der Waals surface area (Å²) in [6, 6.07) is 0. The predicted octanol–water partition coefficient (Wildman–Crippen LogP) is 2.74. The van der Waals surface area contributed by atoms with E-state index in [0.717, 1.165) is 13.1 Å². The fraction of sp³-hybridized carbons (Fsp3) is 1.00. The first-order chi connectivity index (χ1) is 3.04. The van der Waals surface area contributed by atoms with E-state index in [0.29, 0.717) is 0 Å². The van der Waals surface area contributed by atoms with Crippen LogP contribution in [-0.2, 0) is 0 Å². The summed E-state index contributed by atoms with van der Waals surface area (Å²) in [4.78, 5) is 0. The number of hydrogen-bond acceptors (Lipinski definition) is 0. The van der Waals surface area contributed by atoms with E-state index in [9.17, 15) is 0 Å². The van der Waals surface area contributed by atoms with Crippen LogP contribution >= 0.6 is 0 Å². The first-order valence-electron chi connectivity index (χ1n) is 2.62. The van der Waals surface area contributed by atoms with E-state index in [-0.39, 0.29) is 0 Å². The van der Waals surface area contributed by atoms with Gasteiger partial charge >= 0.3 is 57.0 Å². The van der Waals surface area contributed by atoms with E-state index in [1.54, 1.807) is 0 Å². The standard InChI is InChI=1S/C6H18Se2/c1-7-8(2,3,4,5)6/h1-6H3. The van der Waals surface area contributed by atoms with Crippen LogP contribution in [0.1, 0.15) is 0 Å². The van der Waals surface area contributed by atoms with E-state index in [4.69, 9.17) is 0 Å². The number of rotatable bonds is 1. The van der Waals surface area contributed by atoms with Crippen molar-refractivity contribution in [2.24, 2.45) is 0 Å². The molecule has 8 heavy (non-hydrogen) atoms. The van der Waals surface area contributed by atoms with Crippen molar-refractivity contribution in [2.75, 3.05) is 0 Å². The second-order valence-electron chi connectivity index (χ2n) is 5.08. The van der Waals surface area contributed by atoms with Crippen LogP contribution in [0.2, 0.25) is 34.9 Å². The third kappa shape index (κ3) is 7.04. The van der Waals surface area contributed by atoms with Crippen molar-refractivity contribution < 1.29 is 0 Å². The van der Waals surface area contributed by atoms with Crippen LogP contribution < -0.4 is 0 Å².